The van der Waals surface area contributed by atoms with Crippen LogP contribution < -0.4 is 0 Å². The summed E-state index contributed by atoms with van der Waals surface area (Å²) in [6.07, 6.45) is 0. The maximum absolute atomic E-state index is 11.9. The molecule has 6 heterocycles. The molecule has 0 amide bonds. The van der Waals surface area contributed by atoms with Gasteiger partial charge >= 0.3 is 0 Å². The molecule has 0 saturated heterocycles. The molecule has 10 aromatic carbocycles. The number of para-hydroxylation sites is 5. The fraction of sp³-hybridized carbons (Fsp3) is 0. The fourth-order valence-electron chi connectivity index (χ4n) is 11.7. The van der Waals surface area contributed by atoms with Crippen LogP contribution in [0.15, 0.2) is 226 Å². The first-order valence-corrected chi connectivity index (χ1v) is 24.3. The fourth-order valence-corrected chi connectivity index (χ4v) is 11.7. The van der Waals surface area contributed by atoms with Crippen molar-refractivity contribution in [2.45, 2.75) is 0 Å². The van der Waals surface area contributed by atoms with E-state index in [2.05, 4.69) is 130 Å². The molecule has 0 saturated carbocycles. The summed E-state index contributed by atoms with van der Waals surface area (Å²) in [6, 6.07) is 75.3. The highest BCUT2D eigenvalue weighted by Crippen LogP contribution is 2.50. The summed E-state index contributed by atoms with van der Waals surface area (Å²) in [6.45, 7) is 0. The normalized spacial score (nSPS) is 12.1. The molecule has 0 spiro atoms. The molecular weight excluding hydrogens is 899 g/mol. The minimum absolute atomic E-state index is 0.437. The van der Waals surface area contributed by atoms with E-state index in [1.165, 1.54) is 0 Å². The second kappa shape index (κ2) is 14.9. The maximum atomic E-state index is 11.9. The second-order valence-corrected chi connectivity index (χ2v) is 18.6. The van der Waals surface area contributed by atoms with E-state index >= 15 is 0 Å². The smallest absolute Gasteiger partial charge is 0.180 e. The van der Waals surface area contributed by atoms with Crippen LogP contribution in [0, 0.1) is 11.3 Å². The molecule has 0 unspecified atom stereocenters. The third-order valence-corrected chi connectivity index (χ3v) is 14.8. The number of nitriles is 1. The average Bonchev–Trinajstić information content (AvgIpc) is 4.27. The SMILES string of the molecule is N#Cc1cc(-c2nc(-c3ccccc3)c3oc4ccccc4c3n2)c(-n2c3ccccc3c3c4oc5ccccc5c4ccc32)c(-c2ccccc2)c1-n1c2ccccc2c2c3oc4ccccc4c3ccc21. The standard InChI is InChI=1S/C65H35N5O3/c66-36-39-35-47(65-67-58(38-19-5-2-6-20-38)64-59(68-65)46-25-11-16-30-54(46)73-64)61(70-49-27-13-8-24-45(49)57-51(70)34-32-43-41-22-10-15-29-53(41)72-63(43)57)55(37-17-3-1-4-18-37)60(39)69-48-26-12-7-23-44(48)56-50(69)33-31-42-40-21-9-14-28-52(40)71-62(42)56/h1-35H. The van der Waals surface area contributed by atoms with Gasteiger partial charge in [0, 0.05) is 54.4 Å². The van der Waals surface area contributed by atoms with Crippen molar-refractivity contribution in [1.82, 2.24) is 19.1 Å². The van der Waals surface area contributed by atoms with E-state index in [0.717, 1.165) is 115 Å². The molecule has 0 radical (unpaired) electrons. The summed E-state index contributed by atoms with van der Waals surface area (Å²) in [4.78, 5) is 11.1. The van der Waals surface area contributed by atoms with Gasteiger partial charge in [0.25, 0.3) is 0 Å². The number of nitrogens with zero attached hydrogens (tertiary/aromatic N) is 5. The molecule has 16 aromatic rings. The Morgan fingerprint density at radius 3 is 1.42 bits per heavy atom. The lowest BCUT2D eigenvalue weighted by atomic mass is 9.92. The van der Waals surface area contributed by atoms with Crippen LogP contribution >= 0.6 is 0 Å². The Balaban J connectivity index is 1.14. The Hall–Kier alpha value is -10.2. The molecule has 0 aliphatic carbocycles. The Morgan fingerprint density at radius 1 is 0.384 bits per heavy atom. The molecule has 6 aromatic heterocycles. The van der Waals surface area contributed by atoms with Crippen molar-refractivity contribution in [2.75, 3.05) is 0 Å². The molecule has 16 rings (SSSR count). The molecule has 73 heavy (non-hydrogen) atoms. The predicted molar refractivity (Wildman–Crippen MR) is 294 cm³/mol. The summed E-state index contributed by atoms with van der Waals surface area (Å²) >= 11 is 0. The van der Waals surface area contributed by atoms with Gasteiger partial charge in [0.05, 0.1) is 49.8 Å². The van der Waals surface area contributed by atoms with Crippen LogP contribution in [0.25, 0.3) is 155 Å². The largest absolute Gasteiger partial charge is 0.455 e. The lowest BCUT2D eigenvalue weighted by Gasteiger charge is -2.24. The minimum atomic E-state index is 0.437. The van der Waals surface area contributed by atoms with Gasteiger partial charge < -0.3 is 22.4 Å². The zero-order valence-corrected chi connectivity index (χ0v) is 38.7. The first kappa shape index (κ1) is 39.6. The zero-order chi connectivity index (χ0) is 47.9. The molecule has 8 nitrogen and oxygen atoms in total. The molecule has 0 aliphatic rings. The van der Waals surface area contributed by atoms with Crippen LogP contribution in [-0.4, -0.2) is 19.1 Å². The van der Waals surface area contributed by atoms with Crippen molar-refractivity contribution in [3.63, 3.8) is 0 Å². The second-order valence-electron chi connectivity index (χ2n) is 18.6. The monoisotopic (exact) mass is 933 g/mol. The van der Waals surface area contributed by atoms with Crippen molar-refractivity contribution in [3.05, 3.63) is 218 Å². The van der Waals surface area contributed by atoms with E-state index < -0.39 is 0 Å². The number of benzene rings is 10. The lowest BCUT2D eigenvalue weighted by Crippen LogP contribution is -2.09. The van der Waals surface area contributed by atoms with E-state index in [0.29, 0.717) is 45.0 Å². The number of hydrogen-bond donors (Lipinski definition) is 0. The third kappa shape index (κ3) is 5.47. The Bertz CT molecular complexity index is 5050. The van der Waals surface area contributed by atoms with E-state index in [1.807, 2.05) is 97.1 Å². The summed E-state index contributed by atoms with van der Waals surface area (Å²) < 4.78 is 24.9. The van der Waals surface area contributed by atoms with E-state index in [9.17, 15) is 5.26 Å². The van der Waals surface area contributed by atoms with Crippen molar-refractivity contribution in [2.24, 2.45) is 0 Å². The number of furan rings is 3. The van der Waals surface area contributed by atoms with Crippen LogP contribution in [0.1, 0.15) is 5.56 Å². The van der Waals surface area contributed by atoms with Gasteiger partial charge in [-0.05, 0) is 72.3 Å². The molecule has 0 atom stereocenters. The van der Waals surface area contributed by atoms with E-state index in [-0.39, 0.29) is 0 Å². The van der Waals surface area contributed by atoms with Gasteiger partial charge in [-0.2, -0.15) is 5.26 Å². The van der Waals surface area contributed by atoms with Crippen LogP contribution in [0.4, 0.5) is 0 Å². The van der Waals surface area contributed by atoms with Gasteiger partial charge in [-0.3, -0.25) is 0 Å². The number of rotatable bonds is 5. The van der Waals surface area contributed by atoms with Gasteiger partial charge in [-0.25, -0.2) is 9.97 Å². The Labute approximate surface area is 414 Å². The summed E-state index contributed by atoms with van der Waals surface area (Å²) in [5.74, 6) is 0.440. The molecule has 0 aliphatic heterocycles. The molecule has 338 valence electrons. The average molecular weight is 934 g/mol. The highest BCUT2D eigenvalue weighted by atomic mass is 16.3. The lowest BCUT2D eigenvalue weighted by molar-refractivity contribution is 0.667. The van der Waals surface area contributed by atoms with E-state index in [4.69, 9.17) is 23.2 Å². The van der Waals surface area contributed by atoms with Gasteiger partial charge in [-0.1, -0.05) is 146 Å². The molecule has 8 heteroatoms. The summed E-state index contributed by atoms with van der Waals surface area (Å²) in [5.41, 5.74) is 14.8. The van der Waals surface area contributed by atoms with Crippen molar-refractivity contribution >= 4 is 110 Å². The number of hydrogen-bond acceptors (Lipinski definition) is 6. The first-order valence-electron chi connectivity index (χ1n) is 24.3. The number of aromatic nitrogens is 4. The molecule has 0 N–H and O–H groups in total. The molecule has 0 fully saturated rings. The van der Waals surface area contributed by atoms with E-state index in [1.54, 1.807) is 0 Å². The van der Waals surface area contributed by atoms with Crippen LogP contribution in [-0.2, 0) is 0 Å². The van der Waals surface area contributed by atoms with Gasteiger partial charge in [0.1, 0.15) is 45.2 Å². The van der Waals surface area contributed by atoms with Crippen LogP contribution in [0.3, 0.4) is 0 Å². The molecule has 0 bridgehead atoms. The highest BCUT2D eigenvalue weighted by Gasteiger charge is 2.31. The maximum Gasteiger partial charge on any atom is 0.180 e. The molecular formula is C65H35N5O3. The highest BCUT2D eigenvalue weighted by molar-refractivity contribution is 6.26. The van der Waals surface area contributed by atoms with Crippen LogP contribution in [0.2, 0.25) is 0 Å². The Morgan fingerprint density at radius 2 is 0.849 bits per heavy atom. The van der Waals surface area contributed by atoms with Gasteiger partial charge in [-0.15, -0.1) is 0 Å². The topological polar surface area (TPSA) is 98.9 Å². The van der Waals surface area contributed by atoms with Gasteiger partial charge in [0.2, 0.25) is 0 Å². The number of fused-ring (bicyclic) bond motifs is 17. The van der Waals surface area contributed by atoms with Crippen LogP contribution in [0.5, 0.6) is 0 Å². The quantitative estimate of drug-likeness (QED) is 0.170. The van der Waals surface area contributed by atoms with Crippen molar-refractivity contribution in [1.29, 1.82) is 5.26 Å². The van der Waals surface area contributed by atoms with Gasteiger partial charge in [0.15, 0.2) is 11.4 Å². The summed E-state index contributed by atoms with van der Waals surface area (Å²) in [7, 11) is 0. The zero-order valence-electron chi connectivity index (χ0n) is 38.7. The first-order chi connectivity index (χ1) is 36.2. The Kier molecular flexibility index (Phi) is 8.08. The minimum Gasteiger partial charge on any atom is -0.455 e. The third-order valence-electron chi connectivity index (χ3n) is 14.8. The summed E-state index contributed by atoms with van der Waals surface area (Å²) in [5, 5.41) is 20.9. The predicted octanol–water partition coefficient (Wildman–Crippen LogP) is 17.2. The van der Waals surface area contributed by atoms with Crippen molar-refractivity contribution < 1.29 is 13.3 Å². The van der Waals surface area contributed by atoms with Crippen molar-refractivity contribution in [3.8, 4) is 51.2 Å².